The van der Waals surface area contributed by atoms with Crippen LogP contribution in [0.15, 0.2) is 36.4 Å². The number of benzene rings is 2. The van der Waals surface area contributed by atoms with Crippen molar-refractivity contribution < 1.29 is 19.0 Å². The van der Waals surface area contributed by atoms with E-state index in [4.69, 9.17) is 14.2 Å². The van der Waals surface area contributed by atoms with Crippen LogP contribution in [0.1, 0.15) is 39.9 Å². The minimum atomic E-state index is -0.0872. The molecule has 5 nitrogen and oxygen atoms in total. The van der Waals surface area contributed by atoms with Crippen molar-refractivity contribution in [2.75, 3.05) is 20.3 Å². The Bertz CT molecular complexity index is 797. The summed E-state index contributed by atoms with van der Waals surface area (Å²) >= 11 is 0. The Morgan fingerprint density at radius 2 is 2.00 bits per heavy atom. The van der Waals surface area contributed by atoms with Crippen molar-refractivity contribution in [1.29, 1.82) is 0 Å². The Balaban J connectivity index is 1.59. The van der Waals surface area contributed by atoms with Gasteiger partial charge in [0, 0.05) is 18.7 Å². The Morgan fingerprint density at radius 1 is 1.15 bits per heavy atom. The summed E-state index contributed by atoms with van der Waals surface area (Å²) in [5.74, 6) is 1.26. The van der Waals surface area contributed by atoms with Gasteiger partial charge in [-0.05, 0) is 67.6 Å². The molecule has 1 N–H and O–H groups in total. The van der Waals surface area contributed by atoms with E-state index in [0.29, 0.717) is 30.2 Å². The maximum Gasteiger partial charge on any atom is 0.251 e. The molecule has 2 aromatic rings. The zero-order valence-electron chi connectivity index (χ0n) is 16.2. The minimum absolute atomic E-state index is 0.0872. The fourth-order valence-corrected chi connectivity index (χ4v) is 3.07. The van der Waals surface area contributed by atoms with Crippen LogP contribution in [-0.2, 0) is 11.3 Å². The fourth-order valence-electron chi connectivity index (χ4n) is 3.07. The maximum absolute atomic E-state index is 12.4. The van der Waals surface area contributed by atoms with E-state index < -0.39 is 0 Å². The third kappa shape index (κ3) is 5.01. The van der Waals surface area contributed by atoms with Gasteiger partial charge in [-0.2, -0.15) is 0 Å². The standard InChI is InChI=1S/C22H27NO4/c1-15-6-8-18(11-16(15)2)22(24)23-13-17-7-9-20(21(12-17)25-3)27-14-19-5-4-10-26-19/h6-9,11-12,19H,4-5,10,13-14H2,1-3H3,(H,23,24). The summed E-state index contributed by atoms with van der Waals surface area (Å²) in [5, 5.41) is 2.95. The van der Waals surface area contributed by atoms with Crippen molar-refractivity contribution in [2.24, 2.45) is 0 Å². The largest absolute Gasteiger partial charge is 0.493 e. The molecular formula is C22H27NO4. The molecule has 1 heterocycles. The molecule has 1 fully saturated rings. The second kappa shape index (κ2) is 8.91. The molecule has 2 aromatic carbocycles. The summed E-state index contributed by atoms with van der Waals surface area (Å²) in [4.78, 5) is 12.4. The van der Waals surface area contributed by atoms with Crippen LogP contribution in [0.5, 0.6) is 11.5 Å². The zero-order chi connectivity index (χ0) is 19.2. The molecule has 27 heavy (non-hydrogen) atoms. The first-order valence-electron chi connectivity index (χ1n) is 9.33. The molecule has 0 aliphatic carbocycles. The Kier molecular flexibility index (Phi) is 6.35. The fraction of sp³-hybridized carbons (Fsp3) is 0.409. The monoisotopic (exact) mass is 369 g/mol. The van der Waals surface area contributed by atoms with Crippen molar-refractivity contribution in [1.82, 2.24) is 5.32 Å². The first-order chi connectivity index (χ1) is 13.1. The number of carbonyl (C=O) groups is 1. The SMILES string of the molecule is COc1cc(CNC(=O)c2ccc(C)c(C)c2)ccc1OCC1CCCO1. The van der Waals surface area contributed by atoms with E-state index in [2.05, 4.69) is 5.32 Å². The summed E-state index contributed by atoms with van der Waals surface area (Å²) in [6, 6.07) is 11.4. The van der Waals surface area contributed by atoms with Crippen molar-refractivity contribution in [2.45, 2.75) is 39.3 Å². The van der Waals surface area contributed by atoms with Crippen LogP contribution >= 0.6 is 0 Å². The molecule has 1 aliphatic heterocycles. The number of ether oxygens (including phenoxy) is 3. The van der Waals surface area contributed by atoms with Crippen LogP contribution in [0.25, 0.3) is 0 Å². The van der Waals surface area contributed by atoms with E-state index in [1.54, 1.807) is 7.11 Å². The first kappa shape index (κ1) is 19.2. The first-order valence-corrected chi connectivity index (χ1v) is 9.33. The average Bonchev–Trinajstić information content (AvgIpc) is 3.20. The van der Waals surface area contributed by atoms with Crippen LogP contribution in [0.3, 0.4) is 0 Å². The summed E-state index contributed by atoms with van der Waals surface area (Å²) in [6.07, 6.45) is 2.28. The summed E-state index contributed by atoms with van der Waals surface area (Å²) in [7, 11) is 1.62. The summed E-state index contributed by atoms with van der Waals surface area (Å²) in [6.45, 7) is 5.80. The summed E-state index contributed by atoms with van der Waals surface area (Å²) < 4.78 is 16.9. The number of nitrogens with one attached hydrogen (secondary N) is 1. The zero-order valence-corrected chi connectivity index (χ0v) is 16.2. The number of hydrogen-bond donors (Lipinski definition) is 1. The van der Waals surface area contributed by atoms with Gasteiger partial charge >= 0.3 is 0 Å². The van der Waals surface area contributed by atoms with Gasteiger partial charge in [-0.15, -0.1) is 0 Å². The van der Waals surface area contributed by atoms with Gasteiger partial charge in [-0.25, -0.2) is 0 Å². The van der Waals surface area contributed by atoms with E-state index >= 15 is 0 Å². The van der Waals surface area contributed by atoms with E-state index in [1.807, 2.05) is 50.2 Å². The van der Waals surface area contributed by atoms with E-state index in [1.165, 1.54) is 5.56 Å². The molecule has 1 amide bonds. The van der Waals surface area contributed by atoms with Crippen molar-refractivity contribution >= 4 is 5.91 Å². The molecule has 144 valence electrons. The molecule has 0 bridgehead atoms. The second-order valence-corrected chi connectivity index (χ2v) is 6.91. The van der Waals surface area contributed by atoms with Gasteiger partial charge in [0.2, 0.25) is 0 Å². The molecule has 1 unspecified atom stereocenters. The average molecular weight is 369 g/mol. The van der Waals surface area contributed by atoms with Gasteiger partial charge in [-0.3, -0.25) is 4.79 Å². The van der Waals surface area contributed by atoms with Crippen LogP contribution in [0, 0.1) is 13.8 Å². The van der Waals surface area contributed by atoms with Crippen LogP contribution in [0.4, 0.5) is 0 Å². The molecule has 0 aromatic heterocycles. The third-order valence-corrected chi connectivity index (χ3v) is 4.90. The van der Waals surface area contributed by atoms with Crippen LogP contribution in [0.2, 0.25) is 0 Å². The lowest BCUT2D eigenvalue weighted by Crippen LogP contribution is -2.23. The highest BCUT2D eigenvalue weighted by Gasteiger charge is 2.17. The molecule has 1 atom stereocenters. The summed E-state index contributed by atoms with van der Waals surface area (Å²) in [5.41, 5.74) is 3.90. The molecular weight excluding hydrogens is 342 g/mol. The molecule has 0 saturated carbocycles. The number of aryl methyl sites for hydroxylation is 2. The van der Waals surface area contributed by atoms with Crippen LogP contribution < -0.4 is 14.8 Å². The predicted molar refractivity (Wildman–Crippen MR) is 105 cm³/mol. The predicted octanol–water partition coefficient (Wildman–Crippen LogP) is 3.80. The minimum Gasteiger partial charge on any atom is -0.493 e. The van der Waals surface area contributed by atoms with Gasteiger partial charge in [0.1, 0.15) is 6.61 Å². The Morgan fingerprint density at radius 3 is 2.70 bits per heavy atom. The number of rotatable bonds is 7. The second-order valence-electron chi connectivity index (χ2n) is 6.91. The Hall–Kier alpha value is -2.53. The Labute approximate surface area is 160 Å². The van der Waals surface area contributed by atoms with Gasteiger partial charge < -0.3 is 19.5 Å². The molecule has 0 spiro atoms. The van der Waals surface area contributed by atoms with Crippen molar-refractivity contribution in [3.05, 3.63) is 58.7 Å². The van der Waals surface area contributed by atoms with E-state index in [-0.39, 0.29) is 12.0 Å². The molecule has 1 aliphatic rings. The van der Waals surface area contributed by atoms with Gasteiger partial charge in [-0.1, -0.05) is 12.1 Å². The number of carbonyl (C=O) groups excluding carboxylic acids is 1. The molecule has 0 radical (unpaired) electrons. The number of hydrogen-bond acceptors (Lipinski definition) is 4. The number of amides is 1. The van der Waals surface area contributed by atoms with E-state index in [0.717, 1.165) is 30.6 Å². The molecule has 5 heteroatoms. The van der Waals surface area contributed by atoms with Crippen LogP contribution in [-0.4, -0.2) is 32.3 Å². The maximum atomic E-state index is 12.4. The van der Waals surface area contributed by atoms with Gasteiger partial charge in [0.25, 0.3) is 5.91 Å². The van der Waals surface area contributed by atoms with Crippen molar-refractivity contribution in [3.63, 3.8) is 0 Å². The molecule has 1 saturated heterocycles. The van der Waals surface area contributed by atoms with Crippen molar-refractivity contribution in [3.8, 4) is 11.5 Å². The highest BCUT2D eigenvalue weighted by atomic mass is 16.5. The highest BCUT2D eigenvalue weighted by molar-refractivity contribution is 5.94. The normalized spacial score (nSPS) is 16.2. The highest BCUT2D eigenvalue weighted by Crippen LogP contribution is 2.29. The lowest BCUT2D eigenvalue weighted by atomic mass is 10.1. The lowest BCUT2D eigenvalue weighted by molar-refractivity contribution is 0.0669. The van der Waals surface area contributed by atoms with Gasteiger partial charge in [0.15, 0.2) is 11.5 Å². The van der Waals surface area contributed by atoms with Gasteiger partial charge in [0.05, 0.1) is 13.2 Å². The molecule has 3 rings (SSSR count). The topological polar surface area (TPSA) is 56.8 Å². The smallest absolute Gasteiger partial charge is 0.251 e. The quantitative estimate of drug-likeness (QED) is 0.807. The van der Waals surface area contributed by atoms with E-state index in [9.17, 15) is 4.79 Å². The number of methoxy groups -OCH3 is 1. The third-order valence-electron chi connectivity index (χ3n) is 4.90. The lowest BCUT2D eigenvalue weighted by Gasteiger charge is -2.15.